The lowest BCUT2D eigenvalue weighted by Crippen LogP contribution is -2.39. The molecule has 2 N–H and O–H groups in total. The van der Waals surface area contributed by atoms with Gasteiger partial charge in [0.2, 0.25) is 0 Å². The minimum Gasteiger partial charge on any atom is -0.406 e. The maximum atomic E-state index is 13.1. The molecule has 7 nitrogen and oxygen atoms in total. The highest BCUT2D eigenvalue weighted by Gasteiger charge is 2.70. The number of anilines is 3. The lowest BCUT2D eigenvalue weighted by molar-refractivity contribution is -0.274. The number of halogens is 3. The molecule has 2 fully saturated rings. The minimum atomic E-state index is -4.83. The fourth-order valence-electron chi connectivity index (χ4n) is 3.61. The van der Waals surface area contributed by atoms with Gasteiger partial charge >= 0.3 is 12.4 Å². The first kappa shape index (κ1) is 18.1. The van der Waals surface area contributed by atoms with Crippen LogP contribution in [0.1, 0.15) is 13.3 Å². The number of nitrogen functional groups attached to an aromatic ring is 1. The molecule has 3 amide bonds. The summed E-state index contributed by atoms with van der Waals surface area (Å²) in [5.74, 6) is -0.972. The van der Waals surface area contributed by atoms with Crippen molar-refractivity contribution in [2.45, 2.75) is 25.2 Å². The zero-order chi connectivity index (χ0) is 20.3. The molecule has 1 aromatic heterocycles. The van der Waals surface area contributed by atoms with Crippen molar-refractivity contribution < 1.29 is 27.5 Å². The predicted octanol–water partition coefficient (Wildman–Crippen LogP) is 3.31. The number of nitrogens with zero attached hydrogens (tertiary/aromatic N) is 3. The SMILES string of the molecule is CC1CC12C(=O)N(c1ccc(OC(F)(F)F)cc1)C(=O)N2c1ccncc1N. The number of rotatable bonds is 3. The van der Waals surface area contributed by atoms with E-state index >= 15 is 0 Å². The van der Waals surface area contributed by atoms with Crippen LogP contribution in [-0.4, -0.2) is 28.8 Å². The molecule has 0 radical (unpaired) electrons. The number of benzene rings is 1. The molecule has 2 heterocycles. The van der Waals surface area contributed by atoms with Crippen molar-refractivity contribution in [1.29, 1.82) is 0 Å². The average molecular weight is 392 g/mol. The second-order valence-electron chi connectivity index (χ2n) is 6.76. The monoisotopic (exact) mass is 392 g/mol. The van der Waals surface area contributed by atoms with Crippen molar-refractivity contribution >= 4 is 29.0 Å². The van der Waals surface area contributed by atoms with Crippen molar-refractivity contribution in [2.24, 2.45) is 5.92 Å². The summed E-state index contributed by atoms with van der Waals surface area (Å²) in [5.41, 5.74) is 5.68. The van der Waals surface area contributed by atoms with Gasteiger partial charge in [-0.3, -0.25) is 14.7 Å². The molecule has 0 bridgehead atoms. The second kappa shape index (κ2) is 5.85. The zero-order valence-electron chi connectivity index (χ0n) is 14.6. The van der Waals surface area contributed by atoms with Gasteiger partial charge < -0.3 is 10.5 Å². The number of carbonyl (C=O) groups is 2. The molecule has 4 rings (SSSR count). The molecule has 2 atom stereocenters. The summed E-state index contributed by atoms with van der Waals surface area (Å²) >= 11 is 0. The summed E-state index contributed by atoms with van der Waals surface area (Å²) in [7, 11) is 0. The van der Waals surface area contributed by atoms with E-state index in [2.05, 4.69) is 9.72 Å². The Labute approximate surface area is 157 Å². The number of aromatic nitrogens is 1. The van der Waals surface area contributed by atoms with E-state index in [0.717, 1.165) is 17.0 Å². The molecular formula is C18H15F3N4O3. The number of urea groups is 1. The van der Waals surface area contributed by atoms with Crippen LogP contribution < -0.4 is 20.3 Å². The Hall–Kier alpha value is -3.30. The number of amides is 3. The third kappa shape index (κ3) is 2.63. The van der Waals surface area contributed by atoms with Crippen LogP contribution in [0.25, 0.3) is 0 Å². The minimum absolute atomic E-state index is 0.0886. The lowest BCUT2D eigenvalue weighted by atomic mass is 10.1. The Balaban J connectivity index is 1.71. The number of hydrogen-bond acceptors (Lipinski definition) is 5. The van der Waals surface area contributed by atoms with E-state index in [1.165, 1.54) is 29.4 Å². The van der Waals surface area contributed by atoms with Crippen molar-refractivity contribution in [3.63, 3.8) is 0 Å². The first-order valence-electron chi connectivity index (χ1n) is 8.39. The molecule has 2 unspecified atom stereocenters. The maximum absolute atomic E-state index is 13.1. The van der Waals surface area contributed by atoms with Gasteiger partial charge in [0.1, 0.15) is 11.3 Å². The van der Waals surface area contributed by atoms with Crippen LogP contribution in [0, 0.1) is 5.92 Å². The first-order valence-corrected chi connectivity index (χ1v) is 8.39. The number of hydrogen-bond donors (Lipinski definition) is 1. The van der Waals surface area contributed by atoms with Gasteiger partial charge in [0.15, 0.2) is 0 Å². The van der Waals surface area contributed by atoms with Crippen LogP contribution in [0.4, 0.5) is 35.0 Å². The van der Waals surface area contributed by atoms with E-state index in [0.29, 0.717) is 12.1 Å². The number of nitrogens with two attached hydrogens (primary N) is 1. The first-order chi connectivity index (χ1) is 13.1. The molecule has 1 spiro atoms. The predicted molar refractivity (Wildman–Crippen MR) is 93.6 cm³/mol. The molecule has 1 saturated carbocycles. The molecule has 146 valence electrons. The smallest absolute Gasteiger partial charge is 0.406 e. The number of carbonyl (C=O) groups excluding carboxylic acids is 2. The van der Waals surface area contributed by atoms with Gasteiger partial charge in [-0.1, -0.05) is 6.92 Å². The fourth-order valence-corrected chi connectivity index (χ4v) is 3.61. The molecule has 1 saturated heterocycles. The molecule has 1 aliphatic heterocycles. The number of pyridine rings is 1. The normalized spacial score (nSPS) is 24.2. The van der Waals surface area contributed by atoms with Gasteiger partial charge in [-0.2, -0.15) is 0 Å². The highest BCUT2D eigenvalue weighted by Crippen LogP contribution is 2.56. The van der Waals surface area contributed by atoms with Crippen LogP contribution in [0.15, 0.2) is 42.7 Å². The molecular weight excluding hydrogens is 377 g/mol. The average Bonchev–Trinajstić information content (AvgIpc) is 3.23. The van der Waals surface area contributed by atoms with Crippen molar-refractivity contribution in [1.82, 2.24) is 4.98 Å². The number of alkyl halides is 3. The summed E-state index contributed by atoms with van der Waals surface area (Å²) in [5, 5.41) is 0. The van der Waals surface area contributed by atoms with Crippen LogP contribution >= 0.6 is 0 Å². The molecule has 1 aliphatic carbocycles. The van der Waals surface area contributed by atoms with E-state index in [-0.39, 0.29) is 17.3 Å². The van der Waals surface area contributed by atoms with E-state index in [1.54, 1.807) is 6.07 Å². The highest BCUT2D eigenvalue weighted by atomic mass is 19.4. The summed E-state index contributed by atoms with van der Waals surface area (Å²) in [6.07, 6.45) is -1.51. The van der Waals surface area contributed by atoms with Gasteiger partial charge in [0.05, 0.1) is 23.3 Å². The van der Waals surface area contributed by atoms with Crippen LogP contribution in [0.3, 0.4) is 0 Å². The Morgan fingerprint density at radius 2 is 1.86 bits per heavy atom. The highest BCUT2D eigenvalue weighted by molar-refractivity contribution is 6.32. The Bertz CT molecular complexity index is 963. The quantitative estimate of drug-likeness (QED) is 0.810. The molecule has 2 aromatic rings. The van der Waals surface area contributed by atoms with E-state index in [4.69, 9.17) is 5.73 Å². The summed E-state index contributed by atoms with van der Waals surface area (Å²) in [6.45, 7) is 1.85. The Kier molecular flexibility index (Phi) is 3.78. The second-order valence-corrected chi connectivity index (χ2v) is 6.76. The molecule has 1 aromatic carbocycles. The summed E-state index contributed by atoms with van der Waals surface area (Å²) in [4.78, 5) is 32.5. The lowest BCUT2D eigenvalue weighted by Gasteiger charge is -2.23. The van der Waals surface area contributed by atoms with Gasteiger partial charge in [0, 0.05) is 6.20 Å². The van der Waals surface area contributed by atoms with Crippen LogP contribution in [-0.2, 0) is 4.79 Å². The maximum Gasteiger partial charge on any atom is 0.573 e. The van der Waals surface area contributed by atoms with Gasteiger partial charge in [-0.05, 0) is 42.7 Å². The Morgan fingerprint density at radius 1 is 1.21 bits per heavy atom. The van der Waals surface area contributed by atoms with E-state index in [1.807, 2.05) is 6.92 Å². The Morgan fingerprint density at radius 3 is 2.39 bits per heavy atom. The van der Waals surface area contributed by atoms with Crippen molar-refractivity contribution in [2.75, 3.05) is 15.5 Å². The fraction of sp³-hybridized carbons (Fsp3) is 0.278. The number of imide groups is 1. The number of ether oxygens (including phenoxy) is 1. The topological polar surface area (TPSA) is 88.8 Å². The molecule has 28 heavy (non-hydrogen) atoms. The van der Waals surface area contributed by atoms with Gasteiger partial charge in [-0.25, -0.2) is 9.69 Å². The third-order valence-electron chi connectivity index (χ3n) is 5.02. The van der Waals surface area contributed by atoms with Gasteiger partial charge in [0.25, 0.3) is 5.91 Å². The van der Waals surface area contributed by atoms with Crippen molar-refractivity contribution in [3.8, 4) is 5.75 Å². The van der Waals surface area contributed by atoms with Crippen LogP contribution in [0.5, 0.6) is 5.75 Å². The van der Waals surface area contributed by atoms with Crippen molar-refractivity contribution in [3.05, 3.63) is 42.7 Å². The third-order valence-corrected chi connectivity index (χ3v) is 5.02. The summed E-state index contributed by atoms with van der Waals surface area (Å²) < 4.78 is 40.8. The van der Waals surface area contributed by atoms with Gasteiger partial charge in [-0.15, -0.1) is 13.2 Å². The largest absolute Gasteiger partial charge is 0.573 e. The summed E-state index contributed by atoms with van der Waals surface area (Å²) in [6, 6.07) is 5.51. The zero-order valence-corrected chi connectivity index (χ0v) is 14.6. The standard InChI is InChI=1S/C18H15F3N4O3/c1-10-8-17(10)15(26)24(11-2-4-12(5-3-11)28-18(19,20)21)16(27)25(17)14-6-7-23-9-13(14)22/h2-7,9-10H,8,22H2,1H3. The van der Waals surface area contributed by atoms with Crippen LogP contribution in [0.2, 0.25) is 0 Å². The molecule has 10 heteroatoms. The van der Waals surface area contributed by atoms with E-state index in [9.17, 15) is 22.8 Å². The van der Waals surface area contributed by atoms with E-state index < -0.39 is 29.6 Å². The molecule has 2 aliphatic rings.